The molecule has 2 aliphatic heterocycles. The fraction of sp³-hybridized carbons (Fsp3) is 0.842. The molecule has 0 spiro atoms. The molecule has 2 fully saturated rings. The summed E-state index contributed by atoms with van der Waals surface area (Å²) in [5, 5.41) is 4.09. The van der Waals surface area contributed by atoms with E-state index in [1.54, 1.807) is 0 Å². The lowest BCUT2D eigenvalue weighted by Crippen LogP contribution is -2.41. The minimum atomic E-state index is -0.0306. The summed E-state index contributed by atoms with van der Waals surface area (Å²) in [6, 6.07) is -0.0306. The topological polar surface area (TPSA) is 62.5 Å². The SMILES string of the molecule is CCN1CCC(CC(=O)N2CCCCC2c2nc(C(C)C)no2)CC1. The van der Waals surface area contributed by atoms with Gasteiger partial charge in [0.1, 0.15) is 6.04 Å². The van der Waals surface area contributed by atoms with Gasteiger partial charge in [0.2, 0.25) is 11.8 Å². The van der Waals surface area contributed by atoms with Crippen molar-refractivity contribution < 1.29 is 9.32 Å². The van der Waals surface area contributed by atoms with Crippen LogP contribution in [0.3, 0.4) is 0 Å². The van der Waals surface area contributed by atoms with Crippen LogP contribution in [0.4, 0.5) is 0 Å². The largest absolute Gasteiger partial charge is 0.337 e. The van der Waals surface area contributed by atoms with Crippen LogP contribution in [-0.2, 0) is 4.79 Å². The van der Waals surface area contributed by atoms with Gasteiger partial charge in [0, 0.05) is 18.9 Å². The molecule has 3 rings (SSSR count). The van der Waals surface area contributed by atoms with E-state index in [1.165, 1.54) is 0 Å². The molecule has 3 heterocycles. The minimum absolute atomic E-state index is 0.0306. The van der Waals surface area contributed by atoms with Gasteiger partial charge in [-0.15, -0.1) is 0 Å². The van der Waals surface area contributed by atoms with E-state index in [1.807, 2.05) is 4.90 Å². The highest BCUT2D eigenvalue weighted by molar-refractivity contribution is 5.77. The van der Waals surface area contributed by atoms with E-state index in [0.29, 0.717) is 18.2 Å². The molecule has 0 saturated carbocycles. The Kier molecular flexibility index (Phi) is 6.10. The lowest BCUT2D eigenvalue weighted by molar-refractivity contribution is -0.137. The molecule has 140 valence electrons. The van der Waals surface area contributed by atoms with Gasteiger partial charge in [0.15, 0.2) is 5.82 Å². The maximum Gasteiger partial charge on any atom is 0.249 e. The first-order valence-electron chi connectivity index (χ1n) is 9.93. The summed E-state index contributed by atoms with van der Waals surface area (Å²) in [6.45, 7) is 10.5. The lowest BCUT2D eigenvalue weighted by Gasteiger charge is -2.36. The van der Waals surface area contributed by atoms with E-state index in [0.717, 1.165) is 64.1 Å². The van der Waals surface area contributed by atoms with Crippen LogP contribution in [-0.4, -0.2) is 52.0 Å². The second-order valence-corrected chi connectivity index (χ2v) is 7.83. The molecule has 0 aliphatic carbocycles. The zero-order chi connectivity index (χ0) is 17.8. The molecule has 2 saturated heterocycles. The van der Waals surface area contributed by atoms with Crippen molar-refractivity contribution in [2.24, 2.45) is 5.92 Å². The number of rotatable bonds is 5. The number of piperidine rings is 2. The van der Waals surface area contributed by atoms with E-state index >= 15 is 0 Å². The van der Waals surface area contributed by atoms with Gasteiger partial charge in [0.05, 0.1) is 0 Å². The van der Waals surface area contributed by atoms with Crippen LogP contribution < -0.4 is 0 Å². The van der Waals surface area contributed by atoms with Crippen LogP contribution in [0.1, 0.15) is 83.0 Å². The van der Waals surface area contributed by atoms with E-state index in [4.69, 9.17) is 4.52 Å². The monoisotopic (exact) mass is 348 g/mol. The number of aromatic nitrogens is 2. The average Bonchev–Trinajstić information content (AvgIpc) is 3.12. The molecule has 1 unspecified atom stereocenters. The molecule has 0 N–H and O–H groups in total. The Bertz CT molecular complexity index is 564. The van der Waals surface area contributed by atoms with Crippen LogP contribution in [0.5, 0.6) is 0 Å². The number of nitrogens with zero attached hydrogens (tertiary/aromatic N) is 4. The fourth-order valence-corrected chi connectivity index (χ4v) is 3.97. The average molecular weight is 348 g/mol. The predicted molar refractivity (Wildman–Crippen MR) is 96.1 cm³/mol. The first-order chi connectivity index (χ1) is 12.1. The van der Waals surface area contributed by atoms with Crippen LogP contribution in [0.15, 0.2) is 4.52 Å². The van der Waals surface area contributed by atoms with Crippen molar-refractivity contribution in [3.8, 4) is 0 Å². The highest BCUT2D eigenvalue weighted by Gasteiger charge is 2.33. The summed E-state index contributed by atoms with van der Waals surface area (Å²) < 4.78 is 5.50. The summed E-state index contributed by atoms with van der Waals surface area (Å²) in [4.78, 5) is 22.0. The molecule has 1 atom stereocenters. The van der Waals surface area contributed by atoms with Crippen molar-refractivity contribution in [1.29, 1.82) is 0 Å². The molecule has 1 aromatic rings. The Morgan fingerprint density at radius 2 is 1.96 bits per heavy atom. The van der Waals surface area contributed by atoms with Crippen molar-refractivity contribution in [1.82, 2.24) is 19.9 Å². The van der Waals surface area contributed by atoms with Crippen LogP contribution in [0.25, 0.3) is 0 Å². The van der Waals surface area contributed by atoms with E-state index in [-0.39, 0.29) is 17.9 Å². The molecular weight excluding hydrogens is 316 g/mol. The number of carbonyl (C=O) groups is 1. The third-order valence-corrected chi connectivity index (χ3v) is 5.70. The maximum absolute atomic E-state index is 13.0. The Morgan fingerprint density at radius 1 is 1.20 bits per heavy atom. The molecule has 25 heavy (non-hydrogen) atoms. The van der Waals surface area contributed by atoms with Crippen molar-refractivity contribution in [3.63, 3.8) is 0 Å². The molecule has 2 aliphatic rings. The Morgan fingerprint density at radius 3 is 2.60 bits per heavy atom. The smallest absolute Gasteiger partial charge is 0.249 e. The van der Waals surface area contributed by atoms with E-state index in [9.17, 15) is 4.79 Å². The first kappa shape index (κ1) is 18.4. The zero-order valence-corrected chi connectivity index (χ0v) is 15.9. The van der Waals surface area contributed by atoms with Crippen LogP contribution >= 0.6 is 0 Å². The van der Waals surface area contributed by atoms with Crippen LogP contribution in [0, 0.1) is 5.92 Å². The van der Waals surface area contributed by atoms with Gasteiger partial charge in [0.25, 0.3) is 0 Å². The summed E-state index contributed by atoms with van der Waals surface area (Å²) >= 11 is 0. The predicted octanol–water partition coefficient (Wildman–Crippen LogP) is 3.37. The van der Waals surface area contributed by atoms with E-state index in [2.05, 4.69) is 35.8 Å². The number of amides is 1. The summed E-state index contributed by atoms with van der Waals surface area (Å²) in [7, 11) is 0. The number of carbonyl (C=O) groups excluding carboxylic acids is 1. The molecule has 0 bridgehead atoms. The summed E-state index contributed by atoms with van der Waals surface area (Å²) in [6.07, 6.45) is 6.05. The second-order valence-electron chi connectivity index (χ2n) is 7.83. The van der Waals surface area contributed by atoms with Gasteiger partial charge in [-0.05, 0) is 57.7 Å². The molecule has 0 radical (unpaired) electrons. The van der Waals surface area contributed by atoms with E-state index < -0.39 is 0 Å². The van der Waals surface area contributed by atoms with Gasteiger partial charge in [-0.1, -0.05) is 25.9 Å². The Labute approximate surface area is 150 Å². The van der Waals surface area contributed by atoms with Gasteiger partial charge in [-0.2, -0.15) is 4.98 Å². The Hall–Kier alpha value is -1.43. The van der Waals surface area contributed by atoms with Gasteiger partial charge >= 0.3 is 0 Å². The zero-order valence-electron chi connectivity index (χ0n) is 15.9. The van der Waals surface area contributed by atoms with Crippen LogP contribution in [0.2, 0.25) is 0 Å². The van der Waals surface area contributed by atoms with Gasteiger partial charge in [-0.3, -0.25) is 4.79 Å². The molecule has 1 amide bonds. The number of hydrogen-bond donors (Lipinski definition) is 0. The summed E-state index contributed by atoms with van der Waals surface area (Å²) in [5.74, 6) is 2.39. The standard InChI is InChI=1S/C19H32N4O2/c1-4-22-11-8-15(9-12-22)13-17(24)23-10-6-5-7-16(23)19-20-18(14(2)3)21-25-19/h14-16H,4-13H2,1-3H3. The van der Waals surface area contributed by atoms with Crippen molar-refractivity contribution >= 4 is 5.91 Å². The molecule has 1 aromatic heterocycles. The summed E-state index contributed by atoms with van der Waals surface area (Å²) in [5.41, 5.74) is 0. The fourth-order valence-electron chi connectivity index (χ4n) is 3.97. The second kappa shape index (κ2) is 8.30. The van der Waals surface area contributed by atoms with Crippen molar-refractivity contribution in [2.75, 3.05) is 26.2 Å². The normalized spacial score (nSPS) is 23.4. The Balaban J connectivity index is 1.62. The minimum Gasteiger partial charge on any atom is -0.337 e. The quantitative estimate of drug-likeness (QED) is 0.816. The molecule has 0 aromatic carbocycles. The molecule has 6 nitrogen and oxygen atoms in total. The highest BCUT2D eigenvalue weighted by atomic mass is 16.5. The number of hydrogen-bond acceptors (Lipinski definition) is 5. The number of likely N-dealkylation sites (tertiary alicyclic amines) is 2. The highest BCUT2D eigenvalue weighted by Crippen LogP contribution is 2.32. The molecular formula is C19H32N4O2. The molecule has 6 heteroatoms. The van der Waals surface area contributed by atoms with Crippen molar-refractivity contribution in [3.05, 3.63) is 11.7 Å². The van der Waals surface area contributed by atoms with Crippen molar-refractivity contribution in [2.45, 2.75) is 71.3 Å². The maximum atomic E-state index is 13.0. The third kappa shape index (κ3) is 4.40. The lowest BCUT2D eigenvalue weighted by atomic mass is 9.92. The van der Waals surface area contributed by atoms with Gasteiger partial charge in [-0.25, -0.2) is 0 Å². The first-order valence-corrected chi connectivity index (χ1v) is 9.93. The van der Waals surface area contributed by atoms with Gasteiger partial charge < -0.3 is 14.3 Å². The third-order valence-electron chi connectivity index (χ3n) is 5.70.